The molecule has 0 aliphatic carbocycles. The Kier molecular flexibility index (Phi) is 8.83. The van der Waals surface area contributed by atoms with Gasteiger partial charge >= 0.3 is 5.97 Å². The number of nitrogens with one attached hydrogen (secondary N) is 2. The van der Waals surface area contributed by atoms with E-state index in [0.717, 1.165) is 5.56 Å². The van der Waals surface area contributed by atoms with Crippen molar-refractivity contribution in [2.45, 2.75) is 12.6 Å². The van der Waals surface area contributed by atoms with Gasteiger partial charge in [0, 0.05) is 17.8 Å². The van der Waals surface area contributed by atoms with E-state index in [-0.39, 0.29) is 17.3 Å². The lowest BCUT2D eigenvalue weighted by Gasteiger charge is -2.22. The lowest BCUT2D eigenvalue weighted by molar-refractivity contribution is -0.122. The van der Waals surface area contributed by atoms with Crippen molar-refractivity contribution in [2.24, 2.45) is 10.9 Å². The minimum Gasteiger partial charge on any atom is -0.493 e. The van der Waals surface area contributed by atoms with Crippen LogP contribution in [-0.2, 0) is 11.3 Å². The summed E-state index contributed by atoms with van der Waals surface area (Å²) < 4.78 is 11.5. The van der Waals surface area contributed by atoms with Crippen LogP contribution in [0.2, 0.25) is 0 Å². The quantitative estimate of drug-likeness (QED) is 0.0790. The predicted octanol–water partition coefficient (Wildman–Crippen LogP) is 4.75. The molecule has 0 saturated carbocycles. The summed E-state index contributed by atoms with van der Waals surface area (Å²) in [5, 5.41) is 27.3. The summed E-state index contributed by atoms with van der Waals surface area (Å²) in [6, 6.07) is 26.7. The minimum atomic E-state index is -1.03. The van der Waals surface area contributed by atoms with Crippen molar-refractivity contribution in [3.8, 4) is 17.2 Å². The SMILES string of the molecule is COc1cc(C(Nc2ccc(/C(N)=N\O)cc2)C(=O)NCc2ccccc2)ccc1Oc1ccc(C(=O)O)cc1. The van der Waals surface area contributed by atoms with Crippen LogP contribution in [0.4, 0.5) is 5.69 Å². The molecule has 0 heterocycles. The van der Waals surface area contributed by atoms with E-state index in [1.807, 2.05) is 30.3 Å². The number of carboxylic acids is 1. The van der Waals surface area contributed by atoms with E-state index in [2.05, 4.69) is 15.8 Å². The predicted molar refractivity (Wildman–Crippen MR) is 150 cm³/mol. The Morgan fingerprint density at radius 3 is 2.20 bits per heavy atom. The molecule has 1 atom stereocenters. The third-order valence-corrected chi connectivity index (χ3v) is 6.02. The molecule has 0 aliphatic rings. The maximum Gasteiger partial charge on any atom is 0.335 e. The highest BCUT2D eigenvalue weighted by molar-refractivity contribution is 5.97. The molecular weight excluding hydrogens is 512 g/mol. The minimum absolute atomic E-state index is 0.0263. The van der Waals surface area contributed by atoms with Crippen molar-refractivity contribution < 1.29 is 29.4 Å². The van der Waals surface area contributed by atoms with Gasteiger partial charge in [0.15, 0.2) is 17.3 Å². The average Bonchev–Trinajstić information content (AvgIpc) is 2.99. The Morgan fingerprint density at radius 1 is 0.900 bits per heavy atom. The molecule has 4 aromatic carbocycles. The van der Waals surface area contributed by atoms with Gasteiger partial charge < -0.3 is 36.2 Å². The van der Waals surface area contributed by atoms with E-state index in [0.29, 0.717) is 40.6 Å². The number of benzene rings is 4. The molecule has 0 fully saturated rings. The zero-order chi connectivity index (χ0) is 28.5. The summed E-state index contributed by atoms with van der Waals surface area (Å²) >= 11 is 0. The standard InChI is InChI=1S/C30H28N4O6/c1-39-26-17-22(11-16-25(26)40-24-14-9-21(10-15-24)30(36)37)27(29(35)32-18-19-5-3-2-4-6-19)33-23-12-7-20(8-13-23)28(31)34-38/h2-17,27,33,38H,18H2,1H3,(H2,31,34)(H,32,35)(H,36,37). The van der Waals surface area contributed by atoms with Gasteiger partial charge in [-0.3, -0.25) is 4.79 Å². The van der Waals surface area contributed by atoms with Gasteiger partial charge in [-0.05, 0) is 71.8 Å². The first kappa shape index (κ1) is 27.5. The number of carbonyl (C=O) groups is 2. The number of hydrogen-bond acceptors (Lipinski definition) is 7. The fourth-order valence-corrected chi connectivity index (χ4v) is 3.89. The monoisotopic (exact) mass is 540 g/mol. The van der Waals surface area contributed by atoms with Crippen molar-refractivity contribution in [1.29, 1.82) is 0 Å². The summed E-state index contributed by atoms with van der Waals surface area (Å²) in [6.45, 7) is 0.338. The van der Waals surface area contributed by atoms with Gasteiger partial charge in [-0.1, -0.05) is 41.6 Å². The number of amides is 1. The van der Waals surface area contributed by atoms with Crippen LogP contribution in [-0.4, -0.2) is 35.1 Å². The highest BCUT2D eigenvalue weighted by atomic mass is 16.5. The average molecular weight is 541 g/mol. The smallest absolute Gasteiger partial charge is 0.335 e. The van der Waals surface area contributed by atoms with E-state index >= 15 is 0 Å². The third kappa shape index (κ3) is 6.87. The van der Waals surface area contributed by atoms with Crippen LogP contribution in [0.1, 0.15) is 33.1 Å². The van der Waals surface area contributed by atoms with Gasteiger partial charge in [0.2, 0.25) is 5.91 Å². The second-order valence-corrected chi connectivity index (χ2v) is 8.69. The Hall–Kier alpha value is -5.51. The zero-order valence-electron chi connectivity index (χ0n) is 21.6. The second kappa shape index (κ2) is 12.8. The number of carbonyl (C=O) groups excluding carboxylic acids is 1. The molecule has 0 radical (unpaired) electrons. The topological polar surface area (TPSA) is 156 Å². The van der Waals surface area contributed by atoms with Crippen LogP contribution < -0.4 is 25.8 Å². The molecule has 6 N–H and O–H groups in total. The van der Waals surface area contributed by atoms with Gasteiger partial charge in [0.25, 0.3) is 0 Å². The summed E-state index contributed by atoms with van der Waals surface area (Å²) in [6.07, 6.45) is 0. The first-order valence-corrected chi connectivity index (χ1v) is 12.2. The fraction of sp³-hybridized carbons (Fsp3) is 0.100. The molecule has 10 nitrogen and oxygen atoms in total. The van der Waals surface area contributed by atoms with Gasteiger partial charge in [-0.15, -0.1) is 0 Å². The van der Waals surface area contributed by atoms with E-state index < -0.39 is 12.0 Å². The number of ether oxygens (including phenoxy) is 2. The number of nitrogens with two attached hydrogens (primary N) is 1. The summed E-state index contributed by atoms with van der Waals surface area (Å²) in [7, 11) is 1.49. The van der Waals surface area contributed by atoms with Crippen LogP contribution in [0.3, 0.4) is 0 Å². The molecule has 4 rings (SSSR count). The van der Waals surface area contributed by atoms with Crippen molar-refractivity contribution in [3.05, 3.63) is 119 Å². The molecule has 0 aliphatic heterocycles. The third-order valence-electron chi connectivity index (χ3n) is 6.02. The van der Waals surface area contributed by atoms with Gasteiger partial charge in [0.05, 0.1) is 12.7 Å². The lowest BCUT2D eigenvalue weighted by Crippen LogP contribution is -2.33. The number of nitrogens with zero attached hydrogens (tertiary/aromatic N) is 1. The van der Waals surface area contributed by atoms with Gasteiger partial charge in [0.1, 0.15) is 11.8 Å². The summed E-state index contributed by atoms with van der Waals surface area (Å²) in [5.74, 6) is -0.133. The van der Waals surface area contributed by atoms with Crippen molar-refractivity contribution in [3.63, 3.8) is 0 Å². The summed E-state index contributed by atoms with van der Waals surface area (Å²) in [5.41, 5.74) is 8.53. The molecule has 0 aromatic heterocycles. The number of oxime groups is 1. The number of aromatic carboxylic acids is 1. The van der Waals surface area contributed by atoms with Crippen LogP contribution >= 0.6 is 0 Å². The summed E-state index contributed by atoms with van der Waals surface area (Å²) in [4.78, 5) is 24.6. The number of anilines is 1. The number of methoxy groups -OCH3 is 1. The molecule has 0 saturated heterocycles. The molecule has 40 heavy (non-hydrogen) atoms. The number of amidine groups is 1. The Morgan fingerprint density at radius 2 is 1.57 bits per heavy atom. The van der Waals surface area contributed by atoms with Crippen molar-refractivity contribution >= 4 is 23.4 Å². The molecule has 204 valence electrons. The fourth-order valence-electron chi connectivity index (χ4n) is 3.89. The van der Waals surface area contributed by atoms with E-state index in [9.17, 15) is 9.59 Å². The van der Waals surface area contributed by atoms with Crippen LogP contribution in [0.5, 0.6) is 17.2 Å². The highest BCUT2D eigenvalue weighted by Gasteiger charge is 2.23. The maximum absolute atomic E-state index is 13.4. The number of rotatable bonds is 11. The molecule has 1 amide bonds. The molecular formula is C30H28N4O6. The normalized spacial score (nSPS) is 11.8. The zero-order valence-corrected chi connectivity index (χ0v) is 21.6. The van der Waals surface area contributed by atoms with Gasteiger partial charge in [-0.25, -0.2) is 4.79 Å². The van der Waals surface area contributed by atoms with Crippen molar-refractivity contribution in [1.82, 2.24) is 5.32 Å². The molecule has 4 aromatic rings. The van der Waals surface area contributed by atoms with Crippen LogP contribution in [0.15, 0.2) is 102 Å². The van der Waals surface area contributed by atoms with Crippen LogP contribution in [0, 0.1) is 0 Å². The van der Waals surface area contributed by atoms with Crippen LogP contribution in [0.25, 0.3) is 0 Å². The molecule has 1 unspecified atom stereocenters. The Bertz CT molecular complexity index is 1490. The van der Waals surface area contributed by atoms with Gasteiger partial charge in [-0.2, -0.15) is 0 Å². The first-order valence-electron chi connectivity index (χ1n) is 12.2. The largest absolute Gasteiger partial charge is 0.493 e. The lowest BCUT2D eigenvalue weighted by atomic mass is 10.0. The molecule has 10 heteroatoms. The second-order valence-electron chi connectivity index (χ2n) is 8.69. The first-order chi connectivity index (χ1) is 19.4. The Labute approximate surface area is 230 Å². The Balaban J connectivity index is 1.60. The maximum atomic E-state index is 13.4. The van der Waals surface area contributed by atoms with E-state index in [4.69, 9.17) is 25.5 Å². The van der Waals surface area contributed by atoms with E-state index in [1.165, 1.54) is 19.2 Å². The number of carboxylic acid groups (broad SMARTS) is 1. The van der Waals surface area contributed by atoms with Crippen molar-refractivity contribution in [2.75, 3.05) is 12.4 Å². The number of hydrogen-bond donors (Lipinski definition) is 5. The molecule has 0 bridgehead atoms. The molecule has 0 spiro atoms. The van der Waals surface area contributed by atoms with E-state index in [1.54, 1.807) is 54.6 Å². The highest BCUT2D eigenvalue weighted by Crippen LogP contribution is 2.35.